The van der Waals surface area contributed by atoms with Crippen LogP contribution in [0, 0.1) is 0 Å². The van der Waals surface area contributed by atoms with Crippen molar-refractivity contribution in [3.8, 4) is 0 Å². The van der Waals surface area contributed by atoms with Crippen LogP contribution in [0.25, 0.3) is 0 Å². The third-order valence-electron chi connectivity index (χ3n) is 3.97. The molecule has 2 heterocycles. The van der Waals surface area contributed by atoms with E-state index in [-0.39, 0.29) is 0 Å². The Morgan fingerprint density at radius 1 is 1.22 bits per heavy atom. The maximum absolute atomic E-state index is 5.73. The van der Waals surface area contributed by atoms with Crippen molar-refractivity contribution in [2.45, 2.75) is 51.0 Å². The quantitative estimate of drug-likeness (QED) is 0.887. The first-order chi connectivity index (χ1) is 8.92. The average molecular weight is 246 g/mol. The van der Waals surface area contributed by atoms with Crippen LogP contribution in [0.15, 0.2) is 12.1 Å². The van der Waals surface area contributed by atoms with Crippen molar-refractivity contribution >= 4 is 5.82 Å². The van der Waals surface area contributed by atoms with Crippen LogP contribution in [0.2, 0.25) is 0 Å². The van der Waals surface area contributed by atoms with Crippen LogP contribution >= 0.6 is 0 Å². The fraction of sp³-hybridized carbons (Fsp3) is 0.667. The molecule has 1 saturated heterocycles. The second-order valence-electron chi connectivity index (χ2n) is 5.36. The summed E-state index contributed by atoms with van der Waals surface area (Å²) in [4.78, 5) is 4.68. The topological polar surface area (TPSA) is 34.2 Å². The summed E-state index contributed by atoms with van der Waals surface area (Å²) >= 11 is 0. The highest BCUT2D eigenvalue weighted by molar-refractivity contribution is 5.40. The molecule has 3 nitrogen and oxygen atoms in total. The minimum atomic E-state index is 0.459. The van der Waals surface area contributed by atoms with Crippen molar-refractivity contribution in [2.75, 3.05) is 18.5 Å². The molecule has 3 heteroatoms. The first kappa shape index (κ1) is 12.0. The predicted molar refractivity (Wildman–Crippen MR) is 73.0 cm³/mol. The van der Waals surface area contributed by atoms with Crippen LogP contribution < -0.4 is 5.32 Å². The summed E-state index contributed by atoms with van der Waals surface area (Å²) in [7, 11) is 0. The van der Waals surface area contributed by atoms with Gasteiger partial charge in [-0.2, -0.15) is 0 Å². The maximum Gasteiger partial charge on any atom is 0.126 e. The number of fused-ring (bicyclic) bond motifs is 1. The van der Waals surface area contributed by atoms with E-state index in [0.717, 1.165) is 31.8 Å². The van der Waals surface area contributed by atoms with Crippen molar-refractivity contribution in [1.82, 2.24) is 4.98 Å². The SMILES string of the molecule is c1cc2c(nc1NCCC1CCCCO1)CCC2. The molecule has 0 radical (unpaired) electrons. The van der Waals surface area contributed by atoms with E-state index in [4.69, 9.17) is 4.74 Å². The molecular formula is C15H22N2O. The molecule has 1 aliphatic heterocycles. The normalized spacial score (nSPS) is 22.8. The largest absolute Gasteiger partial charge is 0.378 e. The van der Waals surface area contributed by atoms with Gasteiger partial charge in [-0.3, -0.25) is 0 Å². The minimum Gasteiger partial charge on any atom is -0.378 e. The first-order valence-corrected chi connectivity index (χ1v) is 7.26. The number of nitrogens with zero attached hydrogens (tertiary/aromatic N) is 1. The number of anilines is 1. The molecule has 3 rings (SSSR count). The second-order valence-corrected chi connectivity index (χ2v) is 5.36. The highest BCUT2D eigenvalue weighted by atomic mass is 16.5. The summed E-state index contributed by atoms with van der Waals surface area (Å²) < 4.78 is 5.73. The molecule has 1 unspecified atom stereocenters. The highest BCUT2D eigenvalue weighted by Gasteiger charge is 2.14. The van der Waals surface area contributed by atoms with E-state index in [2.05, 4.69) is 22.4 Å². The molecule has 2 aliphatic rings. The van der Waals surface area contributed by atoms with Gasteiger partial charge in [-0.1, -0.05) is 6.07 Å². The number of hydrogen-bond donors (Lipinski definition) is 1. The molecule has 1 fully saturated rings. The van der Waals surface area contributed by atoms with Gasteiger partial charge in [0.15, 0.2) is 0 Å². The number of nitrogens with one attached hydrogen (secondary N) is 1. The lowest BCUT2D eigenvalue weighted by Gasteiger charge is -2.22. The average Bonchev–Trinajstić information content (AvgIpc) is 2.87. The van der Waals surface area contributed by atoms with E-state index in [1.165, 1.54) is 43.4 Å². The molecule has 0 aromatic carbocycles. The summed E-state index contributed by atoms with van der Waals surface area (Å²) in [6, 6.07) is 4.35. The Balaban J connectivity index is 1.48. The molecule has 98 valence electrons. The van der Waals surface area contributed by atoms with Gasteiger partial charge in [0.2, 0.25) is 0 Å². The molecule has 0 amide bonds. The third-order valence-corrected chi connectivity index (χ3v) is 3.97. The Morgan fingerprint density at radius 3 is 3.11 bits per heavy atom. The van der Waals surface area contributed by atoms with Crippen LogP contribution in [-0.2, 0) is 17.6 Å². The van der Waals surface area contributed by atoms with E-state index < -0.39 is 0 Å². The third kappa shape index (κ3) is 2.83. The van der Waals surface area contributed by atoms with Gasteiger partial charge in [0, 0.05) is 18.8 Å². The molecule has 0 saturated carbocycles. The Labute approximate surface area is 109 Å². The number of pyridine rings is 1. The number of ether oxygens (including phenoxy) is 1. The summed E-state index contributed by atoms with van der Waals surface area (Å²) in [5, 5.41) is 3.43. The van der Waals surface area contributed by atoms with Gasteiger partial charge in [-0.05, 0) is 56.6 Å². The fourth-order valence-corrected chi connectivity index (χ4v) is 2.92. The van der Waals surface area contributed by atoms with Gasteiger partial charge in [-0.25, -0.2) is 4.98 Å². The molecular weight excluding hydrogens is 224 g/mol. The van der Waals surface area contributed by atoms with Crippen LogP contribution in [0.4, 0.5) is 5.82 Å². The van der Waals surface area contributed by atoms with E-state index in [1.54, 1.807) is 0 Å². The molecule has 1 aromatic rings. The molecule has 1 aliphatic carbocycles. The highest BCUT2D eigenvalue weighted by Crippen LogP contribution is 2.21. The zero-order valence-electron chi connectivity index (χ0n) is 11.0. The predicted octanol–water partition coefficient (Wildman–Crippen LogP) is 2.94. The first-order valence-electron chi connectivity index (χ1n) is 7.26. The van der Waals surface area contributed by atoms with Crippen LogP contribution in [0.3, 0.4) is 0 Å². The van der Waals surface area contributed by atoms with Crippen LogP contribution in [-0.4, -0.2) is 24.2 Å². The summed E-state index contributed by atoms with van der Waals surface area (Å²) in [6.45, 7) is 1.91. The Morgan fingerprint density at radius 2 is 2.22 bits per heavy atom. The number of hydrogen-bond acceptors (Lipinski definition) is 3. The lowest BCUT2D eigenvalue weighted by atomic mass is 10.1. The lowest BCUT2D eigenvalue weighted by molar-refractivity contribution is 0.0134. The maximum atomic E-state index is 5.73. The van der Waals surface area contributed by atoms with E-state index in [1.807, 2.05) is 0 Å². The Hall–Kier alpha value is -1.09. The standard InChI is InChI=1S/C15H22N2O/c1-2-11-18-13(5-1)9-10-16-15-8-7-12-4-3-6-14(12)17-15/h7-8,13H,1-6,9-11H2,(H,16,17). The molecule has 1 aromatic heterocycles. The van der Waals surface area contributed by atoms with Crippen molar-refractivity contribution < 1.29 is 4.74 Å². The van der Waals surface area contributed by atoms with Crippen LogP contribution in [0.1, 0.15) is 43.4 Å². The number of rotatable bonds is 4. The summed E-state index contributed by atoms with van der Waals surface area (Å²) in [5.41, 5.74) is 2.74. The Kier molecular flexibility index (Phi) is 3.79. The van der Waals surface area contributed by atoms with E-state index >= 15 is 0 Å². The van der Waals surface area contributed by atoms with Crippen molar-refractivity contribution in [2.24, 2.45) is 0 Å². The van der Waals surface area contributed by atoms with E-state index in [9.17, 15) is 0 Å². The van der Waals surface area contributed by atoms with Crippen molar-refractivity contribution in [1.29, 1.82) is 0 Å². The van der Waals surface area contributed by atoms with Gasteiger partial charge >= 0.3 is 0 Å². The lowest BCUT2D eigenvalue weighted by Crippen LogP contribution is -2.22. The summed E-state index contributed by atoms with van der Waals surface area (Å²) in [6.07, 6.45) is 8.95. The van der Waals surface area contributed by atoms with E-state index in [0.29, 0.717) is 6.10 Å². The van der Waals surface area contributed by atoms with Gasteiger partial charge in [-0.15, -0.1) is 0 Å². The Bertz CT molecular complexity index is 399. The molecule has 0 spiro atoms. The van der Waals surface area contributed by atoms with Gasteiger partial charge < -0.3 is 10.1 Å². The second kappa shape index (κ2) is 5.70. The van der Waals surface area contributed by atoms with Gasteiger partial charge in [0.1, 0.15) is 5.82 Å². The van der Waals surface area contributed by atoms with Crippen molar-refractivity contribution in [3.63, 3.8) is 0 Å². The number of aryl methyl sites for hydroxylation is 2. The summed E-state index contributed by atoms with van der Waals surface area (Å²) in [5.74, 6) is 1.03. The molecule has 0 bridgehead atoms. The van der Waals surface area contributed by atoms with Gasteiger partial charge in [0.25, 0.3) is 0 Å². The minimum absolute atomic E-state index is 0.459. The monoisotopic (exact) mass is 246 g/mol. The van der Waals surface area contributed by atoms with Crippen LogP contribution in [0.5, 0.6) is 0 Å². The number of aromatic nitrogens is 1. The zero-order valence-corrected chi connectivity index (χ0v) is 11.0. The zero-order chi connectivity index (χ0) is 12.2. The smallest absolute Gasteiger partial charge is 0.126 e. The molecule has 1 atom stereocenters. The van der Waals surface area contributed by atoms with Gasteiger partial charge in [0.05, 0.1) is 6.10 Å². The molecule has 1 N–H and O–H groups in total. The van der Waals surface area contributed by atoms with Crippen molar-refractivity contribution in [3.05, 3.63) is 23.4 Å². The molecule has 18 heavy (non-hydrogen) atoms. The fourth-order valence-electron chi connectivity index (χ4n) is 2.92.